The van der Waals surface area contributed by atoms with Crippen molar-refractivity contribution in [2.75, 3.05) is 14.2 Å². The van der Waals surface area contributed by atoms with Gasteiger partial charge in [0.25, 0.3) is 0 Å². The van der Waals surface area contributed by atoms with Crippen molar-refractivity contribution in [2.24, 2.45) is 10.7 Å². The Labute approximate surface area is 219 Å². The fourth-order valence-corrected chi connectivity index (χ4v) is 4.00. The third kappa shape index (κ3) is 8.13. The highest BCUT2D eigenvalue weighted by Crippen LogP contribution is 2.27. The minimum absolute atomic E-state index is 0.0506. The van der Waals surface area contributed by atoms with Crippen molar-refractivity contribution in [1.82, 2.24) is 10.6 Å². The molecule has 3 aromatic rings. The zero-order valence-corrected chi connectivity index (χ0v) is 21.7. The van der Waals surface area contributed by atoms with Gasteiger partial charge in [-0.3, -0.25) is 14.9 Å². The zero-order chi connectivity index (χ0) is 25.9. The summed E-state index contributed by atoms with van der Waals surface area (Å²) in [7, 11) is 3.07. The summed E-state index contributed by atoms with van der Waals surface area (Å²) < 4.78 is 11.4. The van der Waals surface area contributed by atoms with Gasteiger partial charge < -0.3 is 20.5 Å². The van der Waals surface area contributed by atoms with Gasteiger partial charge in [0.2, 0.25) is 11.8 Å². The van der Waals surface area contributed by atoms with E-state index < -0.39 is 6.04 Å². The number of carbonyl (C=O) groups excluding carboxylic acids is 2. The van der Waals surface area contributed by atoms with Crippen LogP contribution in [0.15, 0.2) is 82.3 Å². The first-order valence-electron chi connectivity index (χ1n) is 11.3. The first-order chi connectivity index (χ1) is 17.4. The van der Waals surface area contributed by atoms with Gasteiger partial charge >= 0.3 is 0 Å². The van der Waals surface area contributed by atoms with Crippen LogP contribution in [0.5, 0.6) is 11.5 Å². The molecule has 1 unspecified atom stereocenters. The second-order valence-corrected chi connectivity index (χ2v) is 8.90. The number of nitrogens with one attached hydrogen (secondary N) is 2. The first-order valence-corrected chi connectivity index (χ1v) is 12.1. The number of rotatable bonds is 10. The Morgan fingerprint density at radius 3 is 2.33 bits per heavy atom. The van der Waals surface area contributed by atoms with Crippen LogP contribution in [0.3, 0.4) is 0 Å². The lowest BCUT2D eigenvalue weighted by atomic mass is 10.1. The number of aliphatic imine (C=N–C) groups is 1. The van der Waals surface area contributed by atoms with Crippen LogP contribution >= 0.6 is 15.9 Å². The van der Waals surface area contributed by atoms with Crippen LogP contribution in [-0.4, -0.2) is 38.0 Å². The Morgan fingerprint density at radius 1 is 0.917 bits per heavy atom. The van der Waals surface area contributed by atoms with Crippen LogP contribution in [-0.2, 0) is 29.0 Å². The van der Waals surface area contributed by atoms with Gasteiger partial charge in [-0.1, -0.05) is 64.5 Å². The number of hydrogen-bond acceptors (Lipinski definition) is 5. The summed E-state index contributed by atoms with van der Waals surface area (Å²) in [5.74, 6) is 0.307. The van der Waals surface area contributed by atoms with Gasteiger partial charge in [0.05, 0.1) is 20.6 Å². The topological polar surface area (TPSA) is 115 Å². The predicted molar refractivity (Wildman–Crippen MR) is 143 cm³/mol. The molecule has 1 atom stereocenters. The van der Waals surface area contributed by atoms with Crippen LogP contribution in [0, 0.1) is 0 Å². The Hall–Kier alpha value is -3.85. The predicted octanol–water partition coefficient (Wildman–Crippen LogP) is 3.37. The number of guanidine groups is 1. The fraction of sp³-hybridized carbons (Fsp3) is 0.222. The van der Waals surface area contributed by atoms with Crippen LogP contribution < -0.4 is 25.8 Å². The van der Waals surface area contributed by atoms with Crippen molar-refractivity contribution in [3.63, 3.8) is 0 Å². The summed E-state index contributed by atoms with van der Waals surface area (Å²) >= 11 is 3.43. The number of hydrogen-bond donors (Lipinski definition) is 3. The molecule has 9 heteroatoms. The molecule has 2 amide bonds. The molecular weight excluding hydrogens is 524 g/mol. The molecule has 0 spiro atoms. The third-order valence-corrected chi connectivity index (χ3v) is 5.80. The molecule has 0 bridgehead atoms. The maximum atomic E-state index is 13.0. The largest absolute Gasteiger partial charge is 0.493 e. The van der Waals surface area contributed by atoms with Crippen LogP contribution in [0.2, 0.25) is 0 Å². The summed E-state index contributed by atoms with van der Waals surface area (Å²) in [6.45, 7) is 0.338. The standard InChI is InChI=1S/C27H29BrN4O4/c1-35-23-12-11-19(15-24(23)36-2)16-25(33)32-27(29)31-22(14-18-7-4-3-5-8-18)26(34)30-17-20-9-6-10-21(28)13-20/h3-13,15,22H,14,16-17H2,1-2H3,(H,30,34)(H3,29,31,32,33). The van der Waals surface area contributed by atoms with Crippen molar-refractivity contribution in [3.05, 3.63) is 94.0 Å². The summed E-state index contributed by atoms with van der Waals surface area (Å²) in [6.07, 6.45) is 0.381. The van der Waals surface area contributed by atoms with E-state index in [-0.39, 0.29) is 24.2 Å². The van der Waals surface area contributed by atoms with Gasteiger partial charge in [-0.2, -0.15) is 0 Å². The fourth-order valence-electron chi connectivity index (χ4n) is 3.55. The second kappa shape index (κ2) is 13.3. The van der Waals surface area contributed by atoms with Gasteiger partial charge in [-0.25, -0.2) is 4.99 Å². The molecule has 0 radical (unpaired) electrons. The number of amides is 2. The molecule has 0 aliphatic heterocycles. The number of halogens is 1. The van der Waals surface area contributed by atoms with Crippen molar-refractivity contribution in [2.45, 2.75) is 25.4 Å². The molecule has 4 N–H and O–H groups in total. The van der Waals surface area contributed by atoms with Crippen LogP contribution in [0.4, 0.5) is 0 Å². The Morgan fingerprint density at radius 2 is 1.64 bits per heavy atom. The summed E-state index contributed by atoms with van der Waals surface area (Å²) in [5.41, 5.74) is 8.62. The maximum Gasteiger partial charge on any atom is 0.245 e. The third-order valence-electron chi connectivity index (χ3n) is 5.31. The van der Waals surface area contributed by atoms with Crippen molar-refractivity contribution in [3.8, 4) is 11.5 Å². The Balaban J connectivity index is 1.69. The van der Waals surface area contributed by atoms with Gasteiger partial charge in [-0.05, 0) is 41.0 Å². The van der Waals surface area contributed by atoms with Crippen molar-refractivity contribution in [1.29, 1.82) is 0 Å². The maximum absolute atomic E-state index is 13.0. The minimum Gasteiger partial charge on any atom is -0.493 e. The molecule has 0 heterocycles. The lowest BCUT2D eigenvalue weighted by Crippen LogP contribution is -2.42. The number of methoxy groups -OCH3 is 2. The monoisotopic (exact) mass is 552 g/mol. The lowest BCUT2D eigenvalue weighted by Gasteiger charge is -2.15. The highest BCUT2D eigenvalue weighted by molar-refractivity contribution is 9.10. The molecule has 0 fully saturated rings. The van der Waals surface area contributed by atoms with Gasteiger partial charge in [0, 0.05) is 17.4 Å². The van der Waals surface area contributed by atoms with E-state index in [4.69, 9.17) is 15.2 Å². The molecule has 0 saturated heterocycles. The number of carbonyl (C=O) groups is 2. The second-order valence-electron chi connectivity index (χ2n) is 7.98. The van der Waals surface area contributed by atoms with E-state index in [1.807, 2.05) is 54.6 Å². The average Bonchev–Trinajstić information content (AvgIpc) is 2.87. The highest BCUT2D eigenvalue weighted by Gasteiger charge is 2.19. The van der Waals surface area contributed by atoms with Crippen LogP contribution in [0.25, 0.3) is 0 Å². The Kier molecular flexibility index (Phi) is 9.88. The summed E-state index contributed by atoms with van der Waals surface area (Å²) in [5, 5.41) is 5.49. The van der Waals surface area contributed by atoms with E-state index in [0.717, 1.165) is 15.6 Å². The van der Waals surface area contributed by atoms with E-state index in [1.54, 1.807) is 25.3 Å². The van der Waals surface area contributed by atoms with E-state index in [2.05, 4.69) is 31.6 Å². The van der Waals surface area contributed by atoms with Gasteiger partial charge in [0.15, 0.2) is 17.5 Å². The van der Waals surface area contributed by atoms with E-state index in [1.165, 1.54) is 7.11 Å². The SMILES string of the molecule is COc1ccc(CC(=O)NC(N)=NC(Cc2ccccc2)C(=O)NCc2cccc(Br)c2)cc1OC. The normalized spacial score (nSPS) is 11.9. The van der Waals surface area contributed by atoms with E-state index in [9.17, 15) is 9.59 Å². The molecule has 3 aromatic carbocycles. The van der Waals surface area contributed by atoms with Crippen molar-refractivity contribution < 1.29 is 19.1 Å². The molecule has 0 aliphatic carbocycles. The van der Waals surface area contributed by atoms with Gasteiger partial charge in [0.1, 0.15) is 6.04 Å². The van der Waals surface area contributed by atoms with Gasteiger partial charge in [-0.15, -0.1) is 0 Å². The molecule has 8 nitrogen and oxygen atoms in total. The number of benzene rings is 3. The average molecular weight is 553 g/mol. The van der Waals surface area contributed by atoms with E-state index in [0.29, 0.717) is 30.0 Å². The summed E-state index contributed by atoms with van der Waals surface area (Å²) in [6, 6.07) is 21.6. The number of nitrogens with zero attached hydrogens (tertiary/aromatic N) is 1. The number of nitrogens with two attached hydrogens (primary N) is 1. The Bertz CT molecular complexity index is 1220. The van der Waals surface area contributed by atoms with Crippen molar-refractivity contribution >= 4 is 33.7 Å². The molecular formula is C27H29BrN4O4. The molecule has 0 aliphatic rings. The molecule has 3 rings (SSSR count). The minimum atomic E-state index is -0.819. The zero-order valence-electron chi connectivity index (χ0n) is 20.2. The lowest BCUT2D eigenvalue weighted by molar-refractivity contribution is -0.122. The molecule has 188 valence electrons. The molecule has 0 saturated carbocycles. The molecule has 36 heavy (non-hydrogen) atoms. The quantitative estimate of drug-likeness (QED) is 0.263. The van der Waals surface area contributed by atoms with E-state index >= 15 is 0 Å². The first kappa shape index (κ1) is 26.7. The molecule has 0 aromatic heterocycles. The number of ether oxygens (including phenoxy) is 2. The smallest absolute Gasteiger partial charge is 0.245 e. The van der Waals surface area contributed by atoms with Crippen LogP contribution in [0.1, 0.15) is 16.7 Å². The highest BCUT2D eigenvalue weighted by atomic mass is 79.9. The summed E-state index contributed by atoms with van der Waals surface area (Å²) in [4.78, 5) is 29.9.